The Balaban J connectivity index is 2.30. The first-order chi connectivity index (χ1) is 8.93. The lowest BCUT2D eigenvalue weighted by Gasteiger charge is -2.23. The van der Waals surface area contributed by atoms with Gasteiger partial charge in [-0.3, -0.25) is 0 Å². The molecule has 1 aromatic rings. The van der Waals surface area contributed by atoms with Crippen molar-refractivity contribution < 1.29 is 17.9 Å². The molecule has 9 heteroatoms. The molecule has 0 amide bonds. The molecule has 0 saturated heterocycles. The molecule has 6 nitrogen and oxygen atoms in total. The molecule has 2 rings (SSSR count). The van der Waals surface area contributed by atoms with Gasteiger partial charge < -0.3 is 15.0 Å². The van der Waals surface area contributed by atoms with Crippen LogP contribution in [0.2, 0.25) is 0 Å². The molecule has 1 aliphatic carbocycles. The quantitative estimate of drug-likeness (QED) is 0.879. The van der Waals surface area contributed by atoms with Gasteiger partial charge in [-0.1, -0.05) is 0 Å². The molecule has 19 heavy (non-hydrogen) atoms. The summed E-state index contributed by atoms with van der Waals surface area (Å²) in [5.74, 6) is 0.158. The molecule has 1 aliphatic rings. The van der Waals surface area contributed by atoms with Gasteiger partial charge in [0.25, 0.3) is 0 Å². The zero-order chi connectivity index (χ0) is 14.0. The van der Waals surface area contributed by atoms with Crippen molar-refractivity contribution in [3.63, 3.8) is 0 Å². The second kappa shape index (κ2) is 5.06. The van der Waals surface area contributed by atoms with Crippen molar-refractivity contribution in [2.45, 2.75) is 25.1 Å². The van der Waals surface area contributed by atoms with Gasteiger partial charge >= 0.3 is 12.2 Å². The molecule has 1 N–H and O–H groups in total. The number of alkyl halides is 3. The third-order valence-corrected chi connectivity index (χ3v) is 2.60. The standard InChI is InChI=1S/C10H14F3N5O/c1-14-7-15-8(17-9(16-7)19-2)18(6-3-4-6)5-10(11,12)13/h6H,3-5H2,1-2H3,(H,14,15,16,17). The topological polar surface area (TPSA) is 63.2 Å². The summed E-state index contributed by atoms with van der Waals surface area (Å²) in [6.45, 7) is -1.08. The molecule has 1 fully saturated rings. The SMILES string of the molecule is CNc1nc(OC)nc(N(CC(F)(F)F)C2CC2)n1. The first-order valence-corrected chi connectivity index (χ1v) is 5.74. The maximum absolute atomic E-state index is 12.6. The molecule has 0 radical (unpaired) electrons. The molecular weight excluding hydrogens is 263 g/mol. The first kappa shape index (κ1) is 13.6. The summed E-state index contributed by atoms with van der Waals surface area (Å²) in [4.78, 5) is 12.9. The number of halogens is 3. The van der Waals surface area contributed by atoms with E-state index in [-0.39, 0.29) is 23.9 Å². The third-order valence-electron chi connectivity index (χ3n) is 2.60. The molecule has 0 bridgehead atoms. The van der Waals surface area contributed by atoms with E-state index in [1.54, 1.807) is 7.05 Å². The minimum Gasteiger partial charge on any atom is -0.467 e. The van der Waals surface area contributed by atoms with E-state index in [0.717, 1.165) is 4.90 Å². The Hall–Kier alpha value is -1.80. The fraction of sp³-hybridized carbons (Fsp3) is 0.700. The highest BCUT2D eigenvalue weighted by atomic mass is 19.4. The zero-order valence-electron chi connectivity index (χ0n) is 10.5. The van der Waals surface area contributed by atoms with Crippen LogP contribution in [0.15, 0.2) is 0 Å². The van der Waals surface area contributed by atoms with Crippen LogP contribution >= 0.6 is 0 Å². The van der Waals surface area contributed by atoms with Gasteiger partial charge in [0.15, 0.2) is 0 Å². The molecule has 1 aromatic heterocycles. The summed E-state index contributed by atoms with van der Waals surface area (Å²) < 4.78 is 42.6. The van der Waals surface area contributed by atoms with Crippen LogP contribution < -0.4 is 15.0 Å². The van der Waals surface area contributed by atoms with E-state index in [1.165, 1.54) is 7.11 Å². The van der Waals surface area contributed by atoms with Crippen molar-refractivity contribution in [2.75, 3.05) is 30.9 Å². The normalized spacial score (nSPS) is 15.2. The first-order valence-electron chi connectivity index (χ1n) is 5.74. The molecular formula is C10H14F3N5O. The highest BCUT2D eigenvalue weighted by Gasteiger charge is 2.39. The van der Waals surface area contributed by atoms with Crippen LogP contribution in [0.3, 0.4) is 0 Å². The second-order valence-electron chi connectivity index (χ2n) is 4.17. The Morgan fingerprint density at radius 1 is 1.32 bits per heavy atom. The lowest BCUT2D eigenvalue weighted by molar-refractivity contribution is -0.120. The average Bonchev–Trinajstić information content (AvgIpc) is 3.18. The fourth-order valence-corrected chi connectivity index (χ4v) is 1.62. The van der Waals surface area contributed by atoms with E-state index in [4.69, 9.17) is 4.74 Å². The predicted octanol–water partition coefficient (Wildman–Crippen LogP) is 1.45. The predicted molar refractivity (Wildman–Crippen MR) is 62.3 cm³/mol. The van der Waals surface area contributed by atoms with E-state index >= 15 is 0 Å². The lowest BCUT2D eigenvalue weighted by Crippen LogP contribution is -2.37. The summed E-state index contributed by atoms with van der Waals surface area (Å²) in [7, 11) is 2.92. The number of hydrogen-bond donors (Lipinski definition) is 1. The van der Waals surface area contributed by atoms with Gasteiger partial charge in [0.2, 0.25) is 11.9 Å². The van der Waals surface area contributed by atoms with Gasteiger partial charge in [-0.15, -0.1) is 0 Å². The van der Waals surface area contributed by atoms with Crippen molar-refractivity contribution in [3.8, 4) is 6.01 Å². The average molecular weight is 277 g/mol. The molecule has 0 aliphatic heterocycles. The monoisotopic (exact) mass is 277 g/mol. The van der Waals surface area contributed by atoms with Gasteiger partial charge in [0.1, 0.15) is 6.54 Å². The Morgan fingerprint density at radius 2 is 2.00 bits per heavy atom. The summed E-state index contributed by atoms with van der Waals surface area (Å²) in [6.07, 6.45) is -2.89. The number of nitrogens with zero attached hydrogens (tertiary/aromatic N) is 4. The highest BCUT2D eigenvalue weighted by molar-refractivity contribution is 5.40. The third kappa shape index (κ3) is 3.58. The van der Waals surface area contributed by atoms with E-state index in [0.29, 0.717) is 12.8 Å². The number of rotatable bonds is 5. The van der Waals surface area contributed by atoms with Crippen LogP contribution in [-0.2, 0) is 0 Å². The van der Waals surface area contributed by atoms with Crippen molar-refractivity contribution >= 4 is 11.9 Å². The maximum atomic E-state index is 12.6. The smallest absolute Gasteiger partial charge is 0.406 e. The van der Waals surface area contributed by atoms with Crippen molar-refractivity contribution in [1.29, 1.82) is 0 Å². The Kier molecular flexibility index (Phi) is 3.63. The van der Waals surface area contributed by atoms with Crippen LogP contribution in [0.25, 0.3) is 0 Å². The van der Waals surface area contributed by atoms with E-state index in [1.807, 2.05) is 0 Å². The summed E-state index contributed by atoms with van der Waals surface area (Å²) in [5, 5.41) is 2.67. The molecule has 1 saturated carbocycles. The molecule has 0 unspecified atom stereocenters. The highest BCUT2D eigenvalue weighted by Crippen LogP contribution is 2.33. The van der Waals surface area contributed by atoms with Crippen molar-refractivity contribution in [3.05, 3.63) is 0 Å². The summed E-state index contributed by atoms with van der Waals surface area (Å²) in [6, 6.07) is -0.180. The minimum atomic E-state index is -4.30. The van der Waals surface area contributed by atoms with Crippen LogP contribution in [0, 0.1) is 0 Å². The largest absolute Gasteiger partial charge is 0.467 e. The van der Waals surface area contributed by atoms with Crippen molar-refractivity contribution in [1.82, 2.24) is 15.0 Å². The maximum Gasteiger partial charge on any atom is 0.406 e. The van der Waals surface area contributed by atoms with Gasteiger partial charge in [-0.2, -0.15) is 28.1 Å². The Labute approximate surface area is 108 Å². The van der Waals surface area contributed by atoms with Crippen LogP contribution in [0.5, 0.6) is 6.01 Å². The molecule has 106 valence electrons. The van der Waals surface area contributed by atoms with Crippen molar-refractivity contribution in [2.24, 2.45) is 0 Å². The minimum absolute atomic E-state index is 0.0119. The lowest BCUT2D eigenvalue weighted by atomic mass is 10.5. The molecule has 0 aromatic carbocycles. The second-order valence-corrected chi connectivity index (χ2v) is 4.17. The fourth-order valence-electron chi connectivity index (χ4n) is 1.62. The van der Waals surface area contributed by atoms with Gasteiger partial charge in [-0.05, 0) is 12.8 Å². The number of hydrogen-bond acceptors (Lipinski definition) is 6. The number of nitrogens with one attached hydrogen (secondary N) is 1. The molecule has 0 atom stereocenters. The van der Waals surface area contributed by atoms with Crippen LogP contribution in [0.4, 0.5) is 25.1 Å². The van der Waals surface area contributed by atoms with Gasteiger partial charge in [-0.25, -0.2) is 0 Å². The molecule has 0 spiro atoms. The van der Waals surface area contributed by atoms with E-state index in [2.05, 4.69) is 20.3 Å². The van der Waals surface area contributed by atoms with Gasteiger partial charge in [0.05, 0.1) is 7.11 Å². The van der Waals surface area contributed by atoms with E-state index < -0.39 is 12.7 Å². The van der Waals surface area contributed by atoms with Crippen LogP contribution in [-0.4, -0.2) is 47.9 Å². The zero-order valence-corrected chi connectivity index (χ0v) is 10.5. The summed E-state index contributed by atoms with van der Waals surface area (Å²) >= 11 is 0. The van der Waals surface area contributed by atoms with E-state index in [9.17, 15) is 13.2 Å². The van der Waals surface area contributed by atoms with Gasteiger partial charge in [0, 0.05) is 13.1 Å². The Bertz CT molecular complexity index is 427. The number of anilines is 2. The van der Waals surface area contributed by atoms with Crippen LogP contribution in [0.1, 0.15) is 12.8 Å². The molecule has 1 heterocycles. The number of ether oxygens (including phenoxy) is 1. The number of methoxy groups -OCH3 is 1. The number of aromatic nitrogens is 3. The Morgan fingerprint density at radius 3 is 2.47 bits per heavy atom. The summed E-state index contributed by atoms with van der Waals surface area (Å²) in [5.41, 5.74) is 0.